The van der Waals surface area contributed by atoms with E-state index in [1.807, 2.05) is 0 Å². The van der Waals surface area contributed by atoms with Gasteiger partial charge in [-0.05, 0) is 12.1 Å². The number of H-pyrrole nitrogens is 1. The Morgan fingerprint density at radius 1 is 1.54 bits per heavy atom. The van der Waals surface area contributed by atoms with E-state index in [1.54, 1.807) is 19.2 Å². The van der Waals surface area contributed by atoms with E-state index in [0.29, 0.717) is 17.2 Å². The maximum atomic E-state index is 5.62. The first-order valence-corrected chi connectivity index (χ1v) is 3.79. The van der Waals surface area contributed by atoms with Crippen molar-refractivity contribution in [3.05, 3.63) is 12.1 Å². The third-order valence-electron chi connectivity index (χ3n) is 1.86. The molecule has 0 unspecified atom stereocenters. The maximum Gasteiger partial charge on any atom is 0.294 e. The Bertz CT molecular complexity index is 413. The van der Waals surface area contributed by atoms with Gasteiger partial charge in [-0.1, -0.05) is 5.46 Å². The summed E-state index contributed by atoms with van der Waals surface area (Å²) in [6.45, 7) is 0. The number of anilines is 1. The van der Waals surface area contributed by atoms with Crippen LogP contribution in [-0.4, -0.2) is 24.9 Å². The SMILES string of the molecule is [B]c1cc2[nH]c(OC)nc2cc1N. The topological polar surface area (TPSA) is 63.9 Å². The molecule has 1 aromatic carbocycles. The lowest BCUT2D eigenvalue weighted by atomic mass is 9.94. The van der Waals surface area contributed by atoms with Gasteiger partial charge >= 0.3 is 0 Å². The maximum absolute atomic E-state index is 5.62. The lowest BCUT2D eigenvalue weighted by Crippen LogP contribution is -2.08. The van der Waals surface area contributed by atoms with Crippen molar-refractivity contribution in [2.24, 2.45) is 0 Å². The number of nitrogen functional groups attached to an aromatic ring is 1. The minimum Gasteiger partial charge on any atom is -0.468 e. The van der Waals surface area contributed by atoms with Crippen molar-refractivity contribution >= 4 is 30.0 Å². The van der Waals surface area contributed by atoms with Gasteiger partial charge in [-0.15, -0.1) is 0 Å². The number of aromatic nitrogens is 2. The van der Waals surface area contributed by atoms with E-state index in [9.17, 15) is 0 Å². The van der Waals surface area contributed by atoms with Crippen molar-refractivity contribution in [3.63, 3.8) is 0 Å². The van der Waals surface area contributed by atoms with Crippen LogP contribution >= 0.6 is 0 Å². The van der Waals surface area contributed by atoms with E-state index in [-0.39, 0.29) is 0 Å². The zero-order chi connectivity index (χ0) is 9.42. The summed E-state index contributed by atoms with van der Waals surface area (Å²) in [5.74, 6) is 0. The first-order valence-electron chi connectivity index (χ1n) is 3.79. The molecule has 0 aliphatic carbocycles. The summed E-state index contributed by atoms with van der Waals surface area (Å²) in [7, 11) is 7.17. The van der Waals surface area contributed by atoms with Crippen molar-refractivity contribution in [2.45, 2.75) is 0 Å². The van der Waals surface area contributed by atoms with Gasteiger partial charge in [0.15, 0.2) is 0 Å². The number of fused-ring (bicyclic) bond motifs is 1. The molecule has 0 fully saturated rings. The highest BCUT2D eigenvalue weighted by Crippen LogP contribution is 2.16. The number of methoxy groups -OCH3 is 1. The highest BCUT2D eigenvalue weighted by atomic mass is 16.5. The molecule has 0 saturated carbocycles. The van der Waals surface area contributed by atoms with Crippen LogP contribution in [0.1, 0.15) is 0 Å². The molecule has 2 radical (unpaired) electrons. The molecule has 0 aliphatic heterocycles. The van der Waals surface area contributed by atoms with E-state index >= 15 is 0 Å². The van der Waals surface area contributed by atoms with Gasteiger partial charge in [0, 0.05) is 5.69 Å². The Hall–Kier alpha value is -1.65. The average molecular weight is 173 g/mol. The number of hydrogen-bond acceptors (Lipinski definition) is 3. The normalized spacial score (nSPS) is 10.5. The molecular weight excluding hydrogens is 165 g/mol. The van der Waals surface area contributed by atoms with Gasteiger partial charge in [0.1, 0.15) is 7.85 Å². The molecule has 3 N–H and O–H groups in total. The fourth-order valence-corrected chi connectivity index (χ4v) is 1.16. The van der Waals surface area contributed by atoms with Crippen molar-refractivity contribution in [1.82, 2.24) is 9.97 Å². The molecule has 1 heterocycles. The third-order valence-corrected chi connectivity index (χ3v) is 1.86. The molecule has 0 aliphatic rings. The Morgan fingerprint density at radius 2 is 2.31 bits per heavy atom. The highest BCUT2D eigenvalue weighted by Gasteiger charge is 2.03. The number of nitrogens with one attached hydrogen (secondary N) is 1. The van der Waals surface area contributed by atoms with Crippen LogP contribution in [-0.2, 0) is 0 Å². The molecule has 4 nitrogen and oxygen atoms in total. The summed E-state index contributed by atoms with van der Waals surface area (Å²) in [4.78, 5) is 7.06. The fraction of sp³-hybridized carbons (Fsp3) is 0.125. The molecule has 0 bridgehead atoms. The summed E-state index contributed by atoms with van der Waals surface area (Å²) in [6.07, 6.45) is 0. The predicted octanol–water partition coefficient (Wildman–Crippen LogP) is -0.0525. The molecule has 0 spiro atoms. The minimum atomic E-state index is 0.458. The van der Waals surface area contributed by atoms with Crippen molar-refractivity contribution < 1.29 is 4.74 Å². The molecule has 1 aromatic heterocycles. The number of ether oxygens (including phenoxy) is 1. The summed E-state index contributed by atoms with van der Waals surface area (Å²) in [5, 5.41) is 0. The van der Waals surface area contributed by atoms with E-state index in [2.05, 4.69) is 9.97 Å². The summed E-state index contributed by atoms with van der Waals surface area (Å²) in [6, 6.07) is 3.91. The summed E-state index contributed by atoms with van der Waals surface area (Å²) < 4.78 is 4.93. The van der Waals surface area contributed by atoms with Crippen LogP contribution < -0.4 is 15.9 Å². The second-order valence-electron chi connectivity index (χ2n) is 2.74. The van der Waals surface area contributed by atoms with Crippen LogP contribution in [0.25, 0.3) is 11.0 Å². The molecule has 64 valence electrons. The van der Waals surface area contributed by atoms with E-state index in [4.69, 9.17) is 18.3 Å². The Labute approximate surface area is 76.5 Å². The molecular formula is C8H8BN3O. The number of aromatic amines is 1. The van der Waals surface area contributed by atoms with Crippen molar-refractivity contribution in [2.75, 3.05) is 12.8 Å². The van der Waals surface area contributed by atoms with Gasteiger partial charge in [0.25, 0.3) is 6.01 Å². The van der Waals surface area contributed by atoms with Crippen LogP contribution in [0.4, 0.5) is 5.69 Å². The number of hydrogen-bond donors (Lipinski definition) is 2. The standard InChI is InChI=1S/C8H8BN3O/c1-13-8-11-6-2-4(9)5(10)3-7(6)12-8/h2-3H,10H2,1H3,(H,11,12). The lowest BCUT2D eigenvalue weighted by molar-refractivity contribution is 0.386. The third kappa shape index (κ3) is 1.22. The van der Waals surface area contributed by atoms with Crippen LogP contribution in [0, 0.1) is 0 Å². The van der Waals surface area contributed by atoms with E-state index in [1.165, 1.54) is 0 Å². The van der Waals surface area contributed by atoms with Gasteiger partial charge in [0.2, 0.25) is 0 Å². The van der Waals surface area contributed by atoms with Crippen molar-refractivity contribution in [3.8, 4) is 6.01 Å². The zero-order valence-electron chi connectivity index (χ0n) is 7.16. The number of nitrogens with two attached hydrogens (primary N) is 1. The molecule has 0 amide bonds. The molecule has 0 atom stereocenters. The van der Waals surface area contributed by atoms with E-state index in [0.717, 1.165) is 11.0 Å². The molecule has 13 heavy (non-hydrogen) atoms. The Morgan fingerprint density at radius 3 is 3.00 bits per heavy atom. The highest BCUT2D eigenvalue weighted by molar-refractivity contribution is 6.36. The first kappa shape index (κ1) is 7.98. The summed E-state index contributed by atoms with van der Waals surface area (Å²) in [5.41, 5.74) is 8.26. The molecule has 2 aromatic rings. The number of nitrogens with zero attached hydrogens (tertiary/aromatic N) is 1. The fourth-order valence-electron chi connectivity index (χ4n) is 1.16. The van der Waals surface area contributed by atoms with Crippen LogP contribution in [0.2, 0.25) is 0 Å². The van der Waals surface area contributed by atoms with Crippen LogP contribution in [0.15, 0.2) is 12.1 Å². The number of benzene rings is 1. The zero-order valence-corrected chi connectivity index (χ0v) is 7.16. The van der Waals surface area contributed by atoms with Crippen molar-refractivity contribution in [1.29, 1.82) is 0 Å². The first-order chi connectivity index (χ1) is 6.20. The predicted molar refractivity (Wildman–Crippen MR) is 52.4 cm³/mol. The number of rotatable bonds is 1. The number of imidazole rings is 1. The van der Waals surface area contributed by atoms with Crippen LogP contribution in [0.3, 0.4) is 0 Å². The Kier molecular flexibility index (Phi) is 1.65. The molecule has 5 heteroatoms. The Balaban J connectivity index is 2.70. The smallest absolute Gasteiger partial charge is 0.294 e. The monoisotopic (exact) mass is 173 g/mol. The lowest BCUT2D eigenvalue weighted by Gasteiger charge is -1.97. The minimum absolute atomic E-state index is 0.458. The van der Waals surface area contributed by atoms with Gasteiger partial charge in [-0.3, -0.25) is 0 Å². The van der Waals surface area contributed by atoms with Gasteiger partial charge < -0.3 is 15.5 Å². The largest absolute Gasteiger partial charge is 0.468 e. The summed E-state index contributed by atoms with van der Waals surface area (Å²) >= 11 is 0. The average Bonchev–Trinajstić information content (AvgIpc) is 2.48. The molecule has 2 rings (SSSR count). The second-order valence-corrected chi connectivity index (χ2v) is 2.74. The van der Waals surface area contributed by atoms with E-state index < -0.39 is 0 Å². The second kappa shape index (κ2) is 2.69. The van der Waals surface area contributed by atoms with Gasteiger partial charge in [0.05, 0.1) is 18.1 Å². The van der Waals surface area contributed by atoms with Gasteiger partial charge in [-0.2, -0.15) is 4.98 Å². The molecule has 0 saturated heterocycles. The van der Waals surface area contributed by atoms with Crippen LogP contribution in [0.5, 0.6) is 6.01 Å². The quantitative estimate of drug-likeness (QED) is 0.469. The van der Waals surface area contributed by atoms with Gasteiger partial charge in [-0.25, -0.2) is 0 Å².